The second-order valence-electron chi connectivity index (χ2n) is 4.72. The molecule has 1 rings (SSSR count). The highest BCUT2D eigenvalue weighted by Crippen LogP contribution is 2.35. The van der Waals surface area contributed by atoms with Crippen molar-refractivity contribution >= 4 is 0 Å². The van der Waals surface area contributed by atoms with E-state index in [4.69, 9.17) is 5.73 Å². The summed E-state index contributed by atoms with van der Waals surface area (Å²) in [6.07, 6.45) is 0.856. The molecule has 16 heavy (non-hydrogen) atoms. The Morgan fingerprint density at radius 3 is 2.31 bits per heavy atom. The first kappa shape index (κ1) is 13.0. The van der Waals surface area contributed by atoms with Gasteiger partial charge in [-0.1, -0.05) is 39.8 Å². The first-order chi connectivity index (χ1) is 7.52. The van der Waals surface area contributed by atoms with Crippen molar-refractivity contribution in [3.05, 3.63) is 28.8 Å². The van der Waals surface area contributed by atoms with Crippen LogP contribution in [0.15, 0.2) is 12.1 Å². The largest absolute Gasteiger partial charge is 0.507 e. The molecule has 1 aromatic rings. The highest BCUT2D eigenvalue weighted by Gasteiger charge is 2.18. The van der Waals surface area contributed by atoms with Crippen molar-refractivity contribution in [1.29, 1.82) is 0 Å². The van der Waals surface area contributed by atoms with Gasteiger partial charge in [0, 0.05) is 5.56 Å². The molecule has 0 radical (unpaired) electrons. The van der Waals surface area contributed by atoms with Crippen molar-refractivity contribution in [3.8, 4) is 5.75 Å². The molecular weight excluding hydrogens is 198 g/mol. The maximum atomic E-state index is 10.3. The molecule has 0 heterocycles. The highest BCUT2D eigenvalue weighted by molar-refractivity contribution is 5.48. The van der Waals surface area contributed by atoms with Gasteiger partial charge in [-0.15, -0.1) is 0 Å². The first-order valence-corrected chi connectivity index (χ1v) is 6.07. The van der Waals surface area contributed by atoms with Crippen molar-refractivity contribution in [3.63, 3.8) is 0 Å². The summed E-state index contributed by atoms with van der Waals surface area (Å²) in [5, 5.41) is 10.3. The molecule has 0 aromatic heterocycles. The molecule has 1 atom stereocenters. The molecule has 0 saturated carbocycles. The van der Waals surface area contributed by atoms with Gasteiger partial charge in [-0.3, -0.25) is 0 Å². The van der Waals surface area contributed by atoms with Crippen LogP contribution in [0.4, 0.5) is 0 Å². The lowest BCUT2D eigenvalue weighted by molar-refractivity contribution is 0.454. The third kappa shape index (κ3) is 2.38. The van der Waals surface area contributed by atoms with Gasteiger partial charge in [0.2, 0.25) is 0 Å². The van der Waals surface area contributed by atoms with E-state index in [1.54, 1.807) is 0 Å². The fourth-order valence-electron chi connectivity index (χ4n) is 2.09. The van der Waals surface area contributed by atoms with Crippen LogP contribution in [0.25, 0.3) is 0 Å². The minimum atomic E-state index is 0.212. The maximum Gasteiger partial charge on any atom is 0.122 e. The summed E-state index contributed by atoms with van der Waals surface area (Å²) in [4.78, 5) is 0. The molecule has 0 fully saturated rings. The summed E-state index contributed by atoms with van der Waals surface area (Å²) in [6, 6.07) is 4.15. The molecule has 3 N–H and O–H groups in total. The van der Waals surface area contributed by atoms with Crippen LogP contribution in [0.5, 0.6) is 5.75 Å². The summed E-state index contributed by atoms with van der Waals surface area (Å²) in [5.74, 6) is 1.08. The van der Waals surface area contributed by atoms with E-state index in [1.807, 2.05) is 6.07 Å². The molecule has 0 spiro atoms. The van der Waals surface area contributed by atoms with E-state index in [2.05, 4.69) is 33.8 Å². The van der Waals surface area contributed by atoms with E-state index >= 15 is 0 Å². The molecule has 0 aliphatic rings. The average molecular weight is 221 g/mol. The Morgan fingerprint density at radius 1 is 1.25 bits per heavy atom. The Balaban J connectivity index is 3.36. The number of aromatic hydroxyl groups is 1. The topological polar surface area (TPSA) is 46.2 Å². The van der Waals surface area contributed by atoms with Gasteiger partial charge in [-0.2, -0.15) is 0 Å². The summed E-state index contributed by atoms with van der Waals surface area (Å²) in [7, 11) is 0. The maximum absolute atomic E-state index is 10.3. The third-order valence-electron chi connectivity index (χ3n) is 3.18. The zero-order chi connectivity index (χ0) is 12.3. The number of phenols is 1. The standard InChI is InChI=1S/C14H23NO/c1-5-11-6-7-12(9(2)3)13(14(11)16)10(4)8-15/h6-7,9-10,16H,5,8,15H2,1-4H3. The van der Waals surface area contributed by atoms with Crippen LogP contribution in [-0.4, -0.2) is 11.7 Å². The summed E-state index contributed by atoms with van der Waals surface area (Å²) >= 11 is 0. The molecule has 1 unspecified atom stereocenters. The van der Waals surface area contributed by atoms with Crippen LogP contribution in [-0.2, 0) is 6.42 Å². The van der Waals surface area contributed by atoms with Crippen LogP contribution in [0.3, 0.4) is 0 Å². The number of phenolic OH excluding ortho intramolecular Hbond substituents is 1. The van der Waals surface area contributed by atoms with Crippen LogP contribution >= 0.6 is 0 Å². The minimum absolute atomic E-state index is 0.212. The summed E-state index contributed by atoms with van der Waals surface area (Å²) in [6.45, 7) is 8.99. The first-order valence-electron chi connectivity index (χ1n) is 6.07. The number of hydrogen-bond donors (Lipinski definition) is 2. The van der Waals surface area contributed by atoms with Crippen LogP contribution in [0, 0.1) is 0 Å². The molecule has 0 amide bonds. The normalized spacial score (nSPS) is 13.1. The van der Waals surface area contributed by atoms with Crippen molar-refractivity contribution in [2.75, 3.05) is 6.54 Å². The summed E-state index contributed by atoms with van der Waals surface area (Å²) < 4.78 is 0. The fraction of sp³-hybridized carbons (Fsp3) is 0.571. The molecule has 1 aromatic carbocycles. The lowest BCUT2D eigenvalue weighted by Gasteiger charge is -2.21. The number of benzene rings is 1. The lowest BCUT2D eigenvalue weighted by atomic mass is 9.87. The van der Waals surface area contributed by atoms with Gasteiger partial charge in [0.05, 0.1) is 0 Å². The van der Waals surface area contributed by atoms with E-state index < -0.39 is 0 Å². The summed E-state index contributed by atoms with van der Waals surface area (Å²) in [5.41, 5.74) is 8.99. The second kappa shape index (κ2) is 5.35. The SMILES string of the molecule is CCc1ccc(C(C)C)c(C(C)CN)c1O. The smallest absolute Gasteiger partial charge is 0.122 e. The zero-order valence-electron chi connectivity index (χ0n) is 10.7. The Hall–Kier alpha value is -1.02. The van der Waals surface area contributed by atoms with Crippen LogP contribution in [0.1, 0.15) is 56.2 Å². The Kier molecular flexibility index (Phi) is 4.36. The van der Waals surface area contributed by atoms with Gasteiger partial charge in [-0.25, -0.2) is 0 Å². The molecule has 90 valence electrons. The number of rotatable bonds is 4. The van der Waals surface area contributed by atoms with E-state index in [0.717, 1.165) is 17.5 Å². The lowest BCUT2D eigenvalue weighted by Crippen LogP contribution is -2.12. The number of nitrogens with two attached hydrogens (primary N) is 1. The molecule has 0 bridgehead atoms. The van der Waals surface area contributed by atoms with E-state index in [0.29, 0.717) is 18.2 Å². The average Bonchev–Trinajstić information content (AvgIpc) is 2.27. The van der Waals surface area contributed by atoms with Crippen LogP contribution < -0.4 is 5.73 Å². The van der Waals surface area contributed by atoms with E-state index in [9.17, 15) is 5.11 Å². The van der Waals surface area contributed by atoms with Gasteiger partial charge >= 0.3 is 0 Å². The van der Waals surface area contributed by atoms with Crippen LogP contribution in [0.2, 0.25) is 0 Å². The van der Waals surface area contributed by atoms with E-state index in [1.165, 1.54) is 5.56 Å². The monoisotopic (exact) mass is 221 g/mol. The minimum Gasteiger partial charge on any atom is -0.507 e. The Morgan fingerprint density at radius 2 is 1.88 bits per heavy atom. The number of aryl methyl sites for hydroxylation is 1. The third-order valence-corrected chi connectivity index (χ3v) is 3.18. The van der Waals surface area contributed by atoms with Gasteiger partial charge in [0.15, 0.2) is 0 Å². The van der Waals surface area contributed by atoms with Gasteiger partial charge in [0.25, 0.3) is 0 Å². The van der Waals surface area contributed by atoms with Crippen molar-refractivity contribution in [2.45, 2.75) is 46.0 Å². The Labute approximate surface area is 98.5 Å². The van der Waals surface area contributed by atoms with Crippen molar-refractivity contribution in [2.24, 2.45) is 5.73 Å². The van der Waals surface area contributed by atoms with Gasteiger partial charge in [-0.05, 0) is 35.9 Å². The molecule has 0 saturated heterocycles. The van der Waals surface area contributed by atoms with Gasteiger partial charge in [0.1, 0.15) is 5.75 Å². The predicted molar refractivity (Wildman–Crippen MR) is 69.0 cm³/mol. The Bertz CT molecular complexity index is 358. The second-order valence-corrected chi connectivity index (χ2v) is 4.72. The number of hydrogen-bond acceptors (Lipinski definition) is 2. The molecule has 2 heteroatoms. The molecule has 0 aliphatic heterocycles. The molecular formula is C14H23NO. The fourth-order valence-corrected chi connectivity index (χ4v) is 2.09. The molecule has 2 nitrogen and oxygen atoms in total. The zero-order valence-corrected chi connectivity index (χ0v) is 10.7. The quantitative estimate of drug-likeness (QED) is 0.820. The van der Waals surface area contributed by atoms with Crippen molar-refractivity contribution in [1.82, 2.24) is 0 Å². The van der Waals surface area contributed by atoms with Gasteiger partial charge < -0.3 is 10.8 Å². The van der Waals surface area contributed by atoms with Crippen molar-refractivity contribution < 1.29 is 5.11 Å². The van der Waals surface area contributed by atoms with E-state index in [-0.39, 0.29) is 5.92 Å². The highest BCUT2D eigenvalue weighted by atomic mass is 16.3. The molecule has 0 aliphatic carbocycles. The predicted octanol–water partition coefficient (Wildman–Crippen LogP) is 3.14.